The van der Waals surface area contributed by atoms with Crippen molar-refractivity contribution in [2.24, 2.45) is 11.1 Å². The zero-order valence-electron chi connectivity index (χ0n) is 19.2. The molecule has 0 bridgehead atoms. The van der Waals surface area contributed by atoms with Gasteiger partial charge in [-0.2, -0.15) is 0 Å². The maximum absolute atomic E-state index is 10.2. The van der Waals surface area contributed by atoms with E-state index in [0.29, 0.717) is 17.5 Å². The Kier molecular flexibility index (Phi) is 9.85. The first-order valence-electron chi connectivity index (χ1n) is 11.6. The van der Waals surface area contributed by atoms with Crippen molar-refractivity contribution in [3.63, 3.8) is 0 Å². The maximum atomic E-state index is 10.2. The molecule has 1 atom stereocenters. The predicted molar refractivity (Wildman–Crippen MR) is 131 cm³/mol. The number of piperidine rings is 1. The van der Waals surface area contributed by atoms with Crippen LogP contribution in [0.5, 0.6) is 5.75 Å². The first kappa shape index (κ1) is 24.6. The number of aliphatic hydroxyl groups excluding tert-OH is 1. The molecule has 0 aliphatic carbocycles. The fourth-order valence-corrected chi connectivity index (χ4v) is 4.21. The molecule has 1 aliphatic heterocycles. The first-order chi connectivity index (χ1) is 15.6. The number of rotatable bonds is 11. The van der Waals surface area contributed by atoms with Crippen LogP contribution in [0.4, 0.5) is 0 Å². The highest BCUT2D eigenvalue weighted by atomic mass is 35.5. The number of ether oxygens (including phenoxy) is 1. The average molecular weight is 459 g/mol. The van der Waals surface area contributed by atoms with Gasteiger partial charge in [-0.15, -0.1) is 0 Å². The largest absolute Gasteiger partial charge is 0.493 e. The second-order valence-corrected chi connectivity index (χ2v) is 8.94. The van der Waals surface area contributed by atoms with E-state index in [1.54, 1.807) is 7.11 Å². The summed E-state index contributed by atoms with van der Waals surface area (Å²) >= 11 is 6.03. The van der Waals surface area contributed by atoms with Gasteiger partial charge < -0.3 is 19.6 Å². The first-order valence-corrected chi connectivity index (χ1v) is 12.0. The SMILES string of the molecule is CCCC[C@H](O)CN1CCC(COc2cccc(/C(=N/OC)c3ccc(Cl)cc3)c2)CC1. The number of benzene rings is 2. The zero-order chi connectivity index (χ0) is 22.8. The molecule has 0 radical (unpaired) electrons. The molecule has 0 unspecified atom stereocenters. The molecule has 174 valence electrons. The van der Waals surface area contributed by atoms with Crippen molar-refractivity contribution >= 4 is 17.3 Å². The van der Waals surface area contributed by atoms with E-state index < -0.39 is 0 Å². The van der Waals surface area contributed by atoms with Crippen molar-refractivity contribution in [1.29, 1.82) is 0 Å². The minimum absolute atomic E-state index is 0.200. The molecule has 5 nitrogen and oxygen atoms in total. The third-order valence-electron chi connectivity index (χ3n) is 5.96. The van der Waals surface area contributed by atoms with Crippen molar-refractivity contribution in [2.45, 2.75) is 45.1 Å². The third kappa shape index (κ3) is 7.51. The summed E-state index contributed by atoms with van der Waals surface area (Å²) in [6.45, 7) is 5.71. The minimum atomic E-state index is -0.200. The minimum Gasteiger partial charge on any atom is -0.493 e. The Morgan fingerprint density at radius 1 is 1.16 bits per heavy atom. The van der Waals surface area contributed by atoms with E-state index in [1.165, 1.54) is 0 Å². The Morgan fingerprint density at radius 2 is 1.91 bits per heavy atom. The lowest BCUT2D eigenvalue weighted by atomic mass is 9.97. The van der Waals surface area contributed by atoms with Gasteiger partial charge >= 0.3 is 0 Å². The summed E-state index contributed by atoms with van der Waals surface area (Å²) in [4.78, 5) is 7.47. The van der Waals surface area contributed by atoms with Gasteiger partial charge in [0.05, 0.1) is 12.7 Å². The van der Waals surface area contributed by atoms with Gasteiger partial charge in [-0.05, 0) is 62.5 Å². The number of unbranched alkanes of at least 4 members (excludes halogenated alkanes) is 1. The van der Waals surface area contributed by atoms with Crippen LogP contribution in [0.3, 0.4) is 0 Å². The maximum Gasteiger partial charge on any atom is 0.119 e. The van der Waals surface area contributed by atoms with Crippen LogP contribution in [-0.2, 0) is 4.84 Å². The van der Waals surface area contributed by atoms with E-state index >= 15 is 0 Å². The Labute approximate surface area is 197 Å². The van der Waals surface area contributed by atoms with Crippen molar-refractivity contribution in [1.82, 2.24) is 4.90 Å². The van der Waals surface area contributed by atoms with Gasteiger partial charge in [-0.25, -0.2) is 0 Å². The number of aliphatic hydroxyl groups is 1. The number of likely N-dealkylation sites (tertiary alicyclic amines) is 1. The molecule has 3 rings (SSSR count). The van der Waals surface area contributed by atoms with Crippen LogP contribution in [0, 0.1) is 5.92 Å². The number of oxime groups is 1. The van der Waals surface area contributed by atoms with Crippen LogP contribution in [0.2, 0.25) is 5.02 Å². The molecule has 1 heterocycles. The second kappa shape index (κ2) is 12.8. The molecule has 1 fully saturated rings. The number of β-amino-alcohol motifs (C(OH)–C–C–N with tert-alkyl or cyclic N) is 1. The van der Waals surface area contributed by atoms with Crippen molar-refractivity contribution in [3.8, 4) is 5.75 Å². The van der Waals surface area contributed by atoms with E-state index in [0.717, 1.165) is 74.3 Å². The number of halogens is 1. The Bertz CT molecular complexity index is 848. The molecule has 0 spiro atoms. The predicted octanol–water partition coefficient (Wildman–Crippen LogP) is 5.38. The average Bonchev–Trinajstić information content (AvgIpc) is 2.82. The molecule has 2 aromatic carbocycles. The fraction of sp³-hybridized carbons (Fsp3) is 0.500. The van der Waals surface area contributed by atoms with E-state index in [2.05, 4.69) is 17.0 Å². The number of hydrogen-bond donors (Lipinski definition) is 1. The van der Waals surface area contributed by atoms with Gasteiger partial charge in [0, 0.05) is 22.7 Å². The summed E-state index contributed by atoms with van der Waals surface area (Å²) in [7, 11) is 1.55. The molecule has 32 heavy (non-hydrogen) atoms. The second-order valence-electron chi connectivity index (χ2n) is 8.51. The molecular formula is C26H35ClN2O3. The van der Waals surface area contributed by atoms with Crippen LogP contribution in [0.15, 0.2) is 53.7 Å². The van der Waals surface area contributed by atoms with Gasteiger partial charge in [0.25, 0.3) is 0 Å². The monoisotopic (exact) mass is 458 g/mol. The smallest absolute Gasteiger partial charge is 0.119 e. The third-order valence-corrected chi connectivity index (χ3v) is 6.21. The van der Waals surface area contributed by atoms with Crippen LogP contribution in [-0.4, -0.2) is 55.2 Å². The molecule has 1 saturated heterocycles. The van der Waals surface area contributed by atoms with Crippen molar-refractivity contribution < 1.29 is 14.7 Å². The molecular weight excluding hydrogens is 424 g/mol. The Hall–Kier alpha value is -2.08. The van der Waals surface area contributed by atoms with Gasteiger partial charge in [-0.3, -0.25) is 0 Å². The lowest BCUT2D eigenvalue weighted by molar-refractivity contribution is 0.0738. The topological polar surface area (TPSA) is 54.3 Å². The Balaban J connectivity index is 1.53. The Morgan fingerprint density at radius 3 is 2.59 bits per heavy atom. The molecule has 1 aliphatic rings. The highest BCUT2D eigenvalue weighted by Gasteiger charge is 2.21. The summed E-state index contributed by atoms with van der Waals surface area (Å²) in [5.41, 5.74) is 2.61. The molecule has 0 saturated carbocycles. The fourth-order valence-electron chi connectivity index (χ4n) is 4.08. The number of nitrogens with zero attached hydrogens (tertiary/aromatic N) is 2. The van der Waals surface area contributed by atoms with Crippen LogP contribution >= 0.6 is 11.6 Å². The van der Waals surface area contributed by atoms with E-state index in [4.69, 9.17) is 21.2 Å². The van der Waals surface area contributed by atoms with Crippen LogP contribution in [0.25, 0.3) is 0 Å². The highest BCUT2D eigenvalue weighted by molar-refractivity contribution is 6.30. The highest BCUT2D eigenvalue weighted by Crippen LogP contribution is 2.22. The number of hydrogen-bond acceptors (Lipinski definition) is 5. The quantitative estimate of drug-likeness (QED) is 0.362. The van der Waals surface area contributed by atoms with Gasteiger partial charge in [0.15, 0.2) is 0 Å². The molecule has 0 amide bonds. The van der Waals surface area contributed by atoms with E-state index in [9.17, 15) is 5.11 Å². The van der Waals surface area contributed by atoms with Gasteiger partial charge in [-0.1, -0.05) is 60.8 Å². The summed E-state index contributed by atoms with van der Waals surface area (Å²) in [6, 6.07) is 15.5. The van der Waals surface area contributed by atoms with E-state index in [-0.39, 0.29) is 6.10 Å². The van der Waals surface area contributed by atoms with Crippen LogP contribution < -0.4 is 4.74 Å². The summed E-state index contributed by atoms with van der Waals surface area (Å²) in [5, 5.41) is 15.1. The summed E-state index contributed by atoms with van der Waals surface area (Å²) < 4.78 is 6.15. The summed E-state index contributed by atoms with van der Waals surface area (Å²) in [6.07, 6.45) is 5.13. The van der Waals surface area contributed by atoms with Gasteiger partial charge in [0.1, 0.15) is 18.6 Å². The zero-order valence-corrected chi connectivity index (χ0v) is 19.9. The molecule has 0 aromatic heterocycles. The normalized spacial score (nSPS) is 16.7. The van der Waals surface area contributed by atoms with E-state index in [1.807, 2.05) is 48.5 Å². The van der Waals surface area contributed by atoms with Crippen molar-refractivity contribution in [3.05, 3.63) is 64.7 Å². The lowest BCUT2D eigenvalue weighted by Gasteiger charge is -2.33. The molecule has 6 heteroatoms. The standard InChI is InChI=1S/C26H35ClN2O3/c1-3-4-7-24(30)18-29-15-13-20(14-16-29)19-32-25-8-5-6-22(17-25)26(28-31-2)21-9-11-23(27)12-10-21/h5-6,8-12,17,20,24,30H,3-4,7,13-16,18-19H2,1-2H3/b28-26+/t24-/m0/s1. The van der Waals surface area contributed by atoms with Gasteiger partial charge in [0.2, 0.25) is 0 Å². The molecule has 1 N–H and O–H groups in total. The summed E-state index contributed by atoms with van der Waals surface area (Å²) in [5.74, 6) is 1.36. The lowest BCUT2D eigenvalue weighted by Crippen LogP contribution is -2.40. The van der Waals surface area contributed by atoms with Crippen LogP contribution in [0.1, 0.15) is 50.2 Å². The molecule has 2 aromatic rings. The van der Waals surface area contributed by atoms with Crippen molar-refractivity contribution in [2.75, 3.05) is 33.4 Å².